The van der Waals surface area contributed by atoms with Gasteiger partial charge in [-0.3, -0.25) is 4.90 Å². The van der Waals surface area contributed by atoms with E-state index in [1.807, 2.05) is 0 Å². The molecule has 2 atom stereocenters. The lowest BCUT2D eigenvalue weighted by molar-refractivity contribution is -0.145. The number of esters is 1. The van der Waals surface area contributed by atoms with Gasteiger partial charge in [0.05, 0.1) is 13.7 Å². The molecule has 9 heteroatoms. The van der Waals surface area contributed by atoms with Gasteiger partial charge in [-0.2, -0.15) is 0 Å². The van der Waals surface area contributed by atoms with E-state index in [1.54, 1.807) is 20.8 Å². The zero-order valence-electron chi connectivity index (χ0n) is 12.2. The molecule has 0 saturated carbocycles. The summed E-state index contributed by atoms with van der Waals surface area (Å²) in [6.07, 6.45) is -1.04. The van der Waals surface area contributed by atoms with Gasteiger partial charge in [0.1, 0.15) is 17.2 Å². The van der Waals surface area contributed by atoms with Gasteiger partial charge in [-0.15, -0.1) is 0 Å². The average Bonchev–Trinajstić information content (AvgIpc) is 2.65. The summed E-state index contributed by atoms with van der Waals surface area (Å²) in [7, 11) is 1.17. The number of ether oxygens (including phenoxy) is 2. The Balaban J connectivity index is 3.04. The Kier molecular flexibility index (Phi) is 5.31. The molecule has 122 valence electrons. The highest BCUT2D eigenvalue weighted by Crippen LogP contribution is 2.46. The molecule has 1 aliphatic heterocycles. The molecule has 0 aromatic heterocycles. The van der Waals surface area contributed by atoms with Gasteiger partial charge in [0, 0.05) is 6.42 Å². The van der Waals surface area contributed by atoms with Crippen LogP contribution in [0.4, 0.5) is 4.79 Å². The normalized spacial score (nSPS) is 26.7. The third-order valence-corrected chi connectivity index (χ3v) is 4.02. The highest BCUT2D eigenvalue weighted by Gasteiger charge is 2.58. The maximum atomic E-state index is 12.2. The smallest absolute Gasteiger partial charge is 0.411 e. The van der Waals surface area contributed by atoms with E-state index in [4.69, 9.17) is 39.5 Å². The molecule has 0 bridgehead atoms. The summed E-state index contributed by atoms with van der Waals surface area (Å²) in [4.78, 5) is 25.0. The first kappa shape index (κ1) is 18.6. The maximum absolute atomic E-state index is 12.2. The van der Waals surface area contributed by atoms with Crippen molar-refractivity contribution in [1.29, 1.82) is 0 Å². The summed E-state index contributed by atoms with van der Waals surface area (Å²) < 4.78 is 7.75. The third kappa shape index (κ3) is 4.28. The predicted molar refractivity (Wildman–Crippen MR) is 78.6 cm³/mol. The van der Waals surface area contributed by atoms with Gasteiger partial charge < -0.3 is 14.6 Å². The van der Waals surface area contributed by atoms with E-state index < -0.39 is 33.1 Å². The minimum absolute atomic E-state index is 0.255. The van der Waals surface area contributed by atoms with Crippen molar-refractivity contribution in [3.05, 3.63) is 0 Å². The summed E-state index contributed by atoms with van der Waals surface area (Å²) in [5.74, 6) is -0.717. The summed E-state index contributed by atoms with van der Waals surface area (Å²) in [6.45, 7) is 4.68. The van der Waals surface area contributed by atoms with Crippen LogP contribution in [-0.4, -0.2) is 56.8 Å². The monoisotopic (exact) mass is 361 g/mol. The number of aliphatic hydroxyl groups is 1. The number of carbonyl (C=O) groups excluding carboxylic acids is 2. The molecule has 1 rings (SSSR count). The molecule has 1 N–H and O–H groups in total. The van der Waals surface area contributed by atoms with E-state index in [1.165, 1.54) is 7.11 Å². The average molecular weight is 363 g/mol. The van der Waals surface area contributed by atoms with Gasteiger partial charge in [-0.25, -0.2) is 9.59 Å². The van der Waals surface area contributed by atoms with Gasteiger partial charge in [0.2, 0.25) is 3.79 Å². The number of methoxy groups -OCH3 is 1. The first-order chi connectivity index (χ1) is 9.31. The molecule has 1 heterocycles. The number of likely N-dealkylation sites (tertiary alicyclic amines) is 1. The lowest BCUT2D eigenvalue weighted by Crippen LogP contribution is -2.47. The van der Waals surface area contributed by atoms with Crippen molar-refractivity contribution in [2.24, 2.45) is 0 Å². The Labute approximate surface area is 138 Å². The Hall–Kier alpha value is -0.430. The van der Waals surface area contributed by atoms with Crippen LogP contribution >= 0.6 is 34.8 Å². The number of carbonyl (C=O) groups is 2. The van der Waals surface area contributed by atoms with Crippen LogP contribution in [0.1, 0.15) is 27.2 Å². The lowest BCUT2D eigenvalue weighted by atomic mass is 10.0. The molecule has 0 unspecified atom stereocenters. The van der Waals surface area contributed by atoms with Crippen molar-refractivity contribution in [2.75, 3.05) is 13.7 Å². The molecule has 0 aromatic rings. The van der Waals surface area contributed by atoms with Crippen molar-refractivity contribution in [3.8, 4) is 0 Å². The number of amides is 1. The first-order valence-corrected chi connectivity index (χ1v) is 7.31. The molecule has 0 radical (unpaired) electrons. The molecule has 1 fully saturated rings. The number of halogens is 3. The molecule has 0 aromatic carbocycles. The van der Waals surface area contributed by atoms with Gasteiger partial charge in [-0.05, 0) is 20.8 Å². The summed E-state index contributed by atoms with van der Waals surface area (Å²) in [5, 5.41) is 10.4. The Bertz CT molecular complexity index is 432. The van der Waals surface area contributed by atoms with E-state index in [9.17, 15) is 14.7 Å². The number of rotatable bonds is 1. The Morgan fingerprint density at radius 2 is 1.81 bits per heavy atom. The largest absolute Gasteiger partial charge is 0.467 e. The van der Waals surface area contributed by atoms with Crippen LogP contribution < -0.4 is 0 Å². The van der Waals surface area contributed by atoms with Crippen LogP contribution in [0, 0.1) is 0 Å². The number of hydrogen-bond acceptors (Lipinski definition) is 5. The van der Waals surface area contributed by atoms with E-state index in [0.717, 1.165) is 4.90 Å². The maximum Gasteiger partial charge on any atom is 0.411 e. The molecular weight excluding hydrogens is 344 g/mol. The molecule has 6 nitrogen and oxygen atoms in total. The Morgan fingerprint density at radius 3 is 2.19 bits per heavy atom. The van der Waals surface area contributed by atoms with Crippen LogP contribution in [0.3, 0.4) is 0 Å². The lowest BCUT2D eigenvalue weighted by Gasteiger charge is -2.30. The van der Waals surface area contributed by atoms with Crippen molar-refractivity contribution in [3.63, 3.8) is 0 Å². The number of hydrogen-bond donors (Lipinski definition) is 1. The van der Waals surface area contributed by atoms with Crippen molar-refractivity contribution < 1.29 is 24.2 Å². The third-order valence-electron chi connectivity index (χ3n) is 2.97. The second-order valence-electron chi connectivity index (χ2n) is 5.88. The predicted octanol–water partition coefficient (Wildman–Crippen LogP) is 2.27. The first-order valence-electron chi connectivity index (χ1n) is 6.17. The van der Waals surface area contributed by atoms with E-state index in [2.05, 4.69) is 4.74 Å². The second kappa shape index (κ2) is 5.99. The fraction of sp³-hybridized carbons (Fsp3) is 0.833. The minimum Gasteiger partial charge on any atom is -0.467 e. The number of β-amino-alcohol motifs (C(OH)–C–C–N with tert-alkyl or cyclic N) is 1. The van der Waals surface area contributed by atoms with E-state index in [-0.39, 0.29) is 13.0 Å². The van der Waals surface area contributed by atoms with Crippen LogP contribution in [-0.2, 0) is 14.3 Å². The van der Waals surface area contributed by atoms with Gasteiger partial charge in [0.15, 0.2) is 0 Å². The molecule has 21 heavy (non-hydrogen) atoms. The van der Waals surface area contributed by atoms with E-state index >= 15 is 0 Å². The molecular formula is C12H18Cl3NO5. The zero-order chi connectivity index (χ0) is 16.6. The summed E-state index contributed by atoms with van der Waals surface area (Å²) >= 11 is 17.2. The quantitative estimate of drug-likeness (QED) is 0.572. The standard InChI is InChI=1S/C12H18Cl3NO5/c1-10(2,3)21-9(18)16-6-11(19,12(13,14)15)5-7(16)8(17)20-4/h7,19H,5-6H2,1-4H3/t7-,11+/m0/s1. The van der Waals surface area contributed by atoms with Gasteiger partial charge in [0.25, 0.3) is 0 Å². The van der Waals surface area contributed by atoms with Crippen molar-refractivity contribution in [2.45, 2.75) is 48.2 Å². The summed E-state index contributed by atoms with van der Waals surface area (Å²) in [6, 6.07) is -1.08. The van der Waals surface area contributed by atoms with Crippen LogP contribution in [0.5, 0.6) is 0 Å². The van der Waals surface area contributed by atoms with Crippen LogP contribution in [0.2, 0.25) is 0 Å². The number of alkyl halides is 3. The molecule has 0 aliphatic carbocycles. The van der Waals surface area contributed by atoms with E-state index in [0.29, 0.717) is 0 Å². The molecule has 0 spiro atoms. The van der Waals surface area contributed by atoms with Crippen LogP contribution in [0.25, 0.3) is 0 Å². The highest BCUT2D eigenvalue weighted by atomic mass is 35.6. The minimum atomic E-state index is -2.06. The molecule has 1 amide bonds. The number of nitrogens with zero attached hydrogens (tertiary/aromatic N) is 1. The van der Waals surface area contributed by atoms with Gasteiger partial charge in [-0.1, -0.05) is 34.8 Å². The molecule has 1 saturated heterocycles. The topological polar surface area (TPSA) is 76.1 Å². The summed E-state index contributed by atoms with van der Waals surface area (Å²) in [5.41, 5.74) is -2.63. The molecule has 1 aliphatic rings. The van der Waals surface area contributed by atoms with Crippen LogP contribution in [0.15, 0.2) is 0 Å². The second-order valence-corrected chi connectivity index (χ2v) is 8.16. The SMILES string of the molecule is COC(=O)[C@@H]1C[C@](O)(C(Cl)(Cl)Cl)CN1C(=O)OC(C)(C)C. The van der Waals surface area contributed by atoms with Gasteiger partial charge >= 0.3 is 12.1 Å². The Morgan fingerprint density at radius 1 is 1.29 bits per heavy atom. The fourth-order valence-corrected chi connectivity index (χ4v) is 2.36. The zero-order valence-corrected chi connectivity index (χ0v) is 14.4. The van der Waals surface area contributed by atoms with Crippen molar-refractivity contribution in [1.82, 2.24) is 4.90 Å². The highest BCUT2D eigenvalue weighted by molar-refractivity contribution is 6.68. The van der Waals surface area contributed by atoms with Crippen molar-refractivity contribution >= 4 is 46.9 Å². The fourth-order valence-electron chi connectivity index (χ4n) is 1.95.